The molecule has 2 aromatic carbocycles. The summed E-state index contributed by atoms with van der Waals surface area (Å²) in [5.74, 6) is 1.48. The molecule has 0 saturated carbocycles. The van der Waals surface area contributed by atoms with Crippen molar-refractivity contribution in [2.24, 2.45) is 0 Å². The Morgan fingerprint density at radius 2 is 1.88 bits per heavy atom. The van der Waals surface area contributed by atoms with Crippen LogP contribution in [0.1, 0.15) is 21.7 Å². The van der Waals surface area contributed by atoms with Gasteiger partial charge in [0.2, 0.25) is 5.78 Å². The lowest BCUT2D eigenvalue weighted by Gasteiger charge is -2.22. The van der Waals surface area contributed by atoms with Gasteiger partial charge in [0.1, 0.15) is 5.58 Å². The zero-order valence-electron chi connectivity index (χ0n) is 14.7. The summed E-state index contributed by atoms with van der Waals surface area (Å²) in [5.41, 5.74) is 3.53. The summed E-state index contributed by atoms with van der Waals surface area (Å²) in [6, 6.07) is 13.2. The molecule has 4 rings (SSSR count). The third-order valence-electron chi connectivity index (χ3n) is 4.55. The highest BCUT2D eigenvalue weighted by Crippen LogP contribution is 2.35. The van der Waals surface area contributed by atoms with Gasteiger partial charge in [-0.1, -0.05) is 18.2 Å². The normalized spacial score (nSPS) is 14.8. The standard InChI is InChI=1S/C21H19NO4/c1-24-20-9-13-7-8-22-16(15(13)11-21(20)25-2)12-17(23)19-10-14-5-3-4-6-18(14)26-19/h3-6,9-12,22H,7-8H2,1-2H3/b16-12-. The molecular weight excluding hydrogens is 330 g/mol. The highest BCUT2D eigenvalue weighted by Gasteiger charge is 2.20. The second-order valence-corrected chi connectivity index (χ2v) is 6.11. The van der Waals surface area contributed by atoms with Crippen molar-refractivity contribution in [1.29, 1.82) is 0 Å². The van der Waals surface area contributed by atoms with Crippen LogP contribution in [-0.4, -0.2) is 26.5 Å². The van der Waals surface area contributed by atoms with Crippen LogP contribution in [0.2, 0.25) is 0 Å². The summed E-state index contributed by atoms with van der Waals surface area (Å²) in [7, 11) is 3.22. The highest BCUT2D eigenvalue weighted by molar-refractivity contribution is 6.08. The fraction of sp³-hybridized carbons (Fsp3) is 0.190. The van der Waals surface area contributed by atoms with E-state index in [4.69, 9.17) is 13.9 Å². The van der Waals surface area contributed by atoms with Crippen molar-refractivity contribution in [3.05, 3.63) is 65.4 Å². The van der Waals surface area contributed by atoms with Crippen molar-refractivity contribution in [2.45, 2.75) is 6.42 Å². The van der Waals surface area contributed by atoms with E-state index >= 15 is 0 Å². The molecule has 2 heterocycles. The number of para-hydroxylation sites is 1. The third-order valence-corrected chi connectivity index (χ3v) is 4.55. The van der Waals surface area contributed by atoms with E-state index in [1.165, 1.54) is 0 Å². The van der Waals surface area contributed by atoms with Crippen molar-refractivity contribution in [1.82, 2.24) is 5.32 Å². The number of hydrogen-bond acceptors (Lipinski definition) is 5. The first-order chi connectivity index (χ1) is 12.7. The predicted molar refractivity (Wildman–Crippen MR) is 99.8 cm³/mol. The Bertz CT molecular complexity index is 983. The van der Waals surface area contributed by atoms with Gasteiger partial charge >= 0.3 is 0 Å². The van der Waals surface area contributed by atoms with Crippen LogP contribution in [0.25, 0.3) is 16.7 Å². The molecule has 0 atom stereocenters. The number of ketones is 1. The predicted octanol–water partition coefficient (Wildman–Crippen LogP) is 3.82. The molecule has 0 radical (unpaired) electrons. The number of benzene rings is 2. The molecule has 0 bridgehead atoms. The number of rotatable bonds is 4. The van der Waals surface area contributed by atoms with E-state index in [0.717, 1.165) is 35.2 Å². The van der Waals surface area contributed by atoms with Crippen molar-refractivity contribution >= 4 is 22.4 Å². The van der Waals surface area contributed by atoms with Crippen molar-refractivity contribution in [3.63, 3.8) is 0 Å². The SMILES string of the molecule is COc1cc2c(cc1OC)/C(=C/C(=O)c1cc3ccccc3o1)NCC2. The molecule has 0 fully saturated rings. The molecular formula is C21H19NO4. The number of ether oxygens (including phenoxy) is 2. The number of furan rings is 1. The molecule has 0 saturated heterocycles. The minimum absolute atomic E-state index is 0.175. The number of hydrogen-bond donors (Lipinski definition) is 1. The molecule has 1 aliphatic heterocycles. The molecule has 26 heavy (non-hydrogen) atoms. The van der Waals surface area contributed by atoms with E-state index in [0.29, 0.717) is 22.8 Å². The molecule has 1 aromatic heterocycles. The second kappa shape index (κ2) is 6.59. The van der Waals surface area contributed by atoms with Crippen LogP contribution >= 0.6 is 0 Å². The van der Waals surface area contributed by atoms with Gasteiger partial charge < -0.3 is 19.2 Å². The van der Waals surface area contributed by atoms with Gasteiger partial charge in [-0.05, 0) is 36.2 Å². The third kappa shape index (κ3) is 2.81. The Kier molecular flexibility index (Phi) is 4.13. The fourth-order valence-corrected chi connectivity index (χ4v) is 3.24. The van der Waals surface area contributed by atoms with Gasteiger partial charge in [0.25, 0.3) is 0 Å². The lowest BCUT2D eigenvalue weighted by Crippen LogP contribution is -2.23. The molecule has 1 N–H and O–H groups in total. The van der Waals surface area contributed by atoms with Crippen LogP contribution < -0.4 is 14.8 Å². The Morgan fingerprint density at radius 3 is 2.65 bits per heavy atom. The average molecular weight is 349 g/mol. The quantitative estimate of drug-likeness (QED) is 0.573. The van der Waals surface area contributed by atoms with Gasteiger partial charge in [-0.2, -0.15) is 0 Å². The number of methoxy groups -OCH3 is 2. The topological polar surface area (TPSA) is 60.7 Å². The lowest BCUT2D eigenvalue weighted by atomic mass is 9.96. The number of allylic oxidation sites excluding steroid dienone is 1. The molecule has 3 aromatic rings. The van der Waals surface area contributed by atoms with Gasteiger partial charge in [-0.25, -0.2) is 0 Å². The lowest BCUT2D eigenvalue weighted by molar-refractivity contribution is 0.102. The smallest absolute Gasteiger partial charge is 0.223 e. The average Bonchev–Trinajstić information content (AvgIpc) is 3.11. The molecule has 1 aliphatic rings. The Balaban J connectivity index is 1.73. The van der Waals surface area contributed by atoms with E-state index in [-0.39, 0.29) is 5.78 Å². The van der Waals surface area contributed by atoms with Crippen LogP contribution in [0.4, 0.5) is 0 Å². The van der Waals surface area contributed by atoms with Crippen LogP contribution in [-0.2, 0) is 6.42 Å². The fourth-order valence-electron chi connectivity index (χ4n) is 3.24. The van der Waals surface area contributed by atoms with Gasteiger partial charge in [0.05, 0.1) is 14.2 Å². The van der Waals surface area contributed by atoms with Crippen molar-refractivity contribution in [3.8, 4) is 11.5 Å². The monoisotopic (exact) mass is 349 g/mol. The Hall–Kier alpha value is -3.21. The van der Waals surface area contributed by atoms with E-state index in [2.05, 4.69) is 5.32 Å². The van der Waals surface area contributed by atoms with Gasteiger partial charge in [0, 0.05) is 29.3 Å². The molecule has 5 nitrogen and oxygen atoms in total. The minimum Gasteiger partial charge on any atom is -0.493 e. The summed E-state index contributed by atoms with van der Waals surface area (Å²) < 4.78 is 16.4. The molecule has 0 amide bonds. The molecule has 0 aliphatic carbocycles. The second-order valence-electron chi connectivity index (χ2n) is 6.11. The highest BCUT2D eigenvalue weighted by atomic mass is 16.5. The Labute approximate surface area is 151 Å². The maximum absolute atomic E-state index is 12.7. The van der Waals surface area contributed by atoms with E-state index in [9.17, 15) is 4.79 Å². The zero-order chi connectivity index (χ0) is 18.1. The van der Waals surface area contributed by atoms with E-state index < -0.39 is 0 Å². The number of fused-ring (bicyclic) bond motifs is 2. The van der Waals surface area contributed by atoms with Crippen LogP contribution in [0, 0.1) is 0 Å². The van der Waals surface area contributed by atoms with E-state index in [1.807, 2.05) is 36.4 Å². The Morgan fingerprint density at radius 1 is 1.12 bits per heavy atom. The van der Waals surface area contributed by atoms with Gasteiger partial charge in [-0.15, -0.1) is 0 Å². The number of carbonyl (C=O) groups excluding carboxylic acids is 1. The van der Waals surface area contributed by atoms with Crippen LogP contribution in [0.5, 0.6) is 11.5 Å². The van der Waals surface area contributed by atoms with Crippen molar-refractivity contribution < 1.29 is 18.7 Å². The summed E-state index contributed by atoms with van der Waals surface area (Å²) in [6.45, 7) is 0.752. The molecule has 0 unspecified atom stereocenters. The summed E-state index contributed by atoms with van der Waals surface area (Å²) in [5, 5.41) is 4.22. The van der Waals surface area contributed by atoms with E-state index in [1.54, 1.807) is 26.4 Å². The first-order valence-corrected chi connectivity index (χ1v) is 8.43. The number of carbonyl (C=O) groups is 1. The molecule has 132 valence electrons. The minimum atomic E-state index is -0.175. The summed E-state index contributed by atoms with van der Waals surface area (Å²) in [6.07, 6.45) is 2.44. The van der Waals surface area contributed by atoms with Gasteiger partial charge in [0.15, 0.2) is 17.3 Å². The maximum atomic E-state index is 12.7. The largest absolute Gasteiger partial charge is 0.493 e. The van der Waals surface area contributed by atoms with Crippen LogP contribution in [0.3, 0.4) is 0 Å². The molecule has 0 spiro atoms. The van der Waals surface area contributed by atoms with Crippen LogP contribution in [0.15, 0.2) is 53.0 Å². The number of nitrogens with one attached hydrogen (secondary N) is 1. The van der Waals surface area contributed by atoms with Crippen molar-refractivity contribution in [2.75, 3.05) is 20.8 Å². The summed E-state index contributed by atoms with van der Waals surface area (Å²) >= 11 is 0. The first kappa shape index (κ1) is 16.3. The van der Waals surface area contributed by atoms with Gasteiger partial charge in [-0.3, -0.25) is 4.79 Å². The summed E-state index contributed by atoms with van der Waals surface area (Å²) in [4.78, 5) is 12.7. The maximum Gasteiger partial charge on any atom is 0.223 e. The first-order valence-electron chi connectivity index (χ1n) is 8.43. The molecule has 5 heteroatoms. The zero-order valence-corrected chi connectivity index (χ0v) is 14.7.